The van der Waals surface area contributed by atoms with Gasteiger partial charge in [0.25, 0.3) is 0 Å². The lowest BCUT2D eigenvalue weighted by Crippen LogP contribution is -2.28. The molecule has 0 aromatic heterocycles. The van der Waals surface area contributed by atoms with Crippen molar-refractivity contribution < 1.29 is 9.18 Å². The van der Waals surface area contributed by atoms with Gasteiger partial charge in [0.2, 0.25) is 5.91 Å². The molecule has 0 radical (unpaired) electrons. The first kappa shape index (κ1) is 13.4. The van der Waals surface area contributed by atoms with E-state index in [-0.39, 0.29) is 18.1 Å². The van der Waals surface area contributed by atoms with E-state index in [1.807, 2.05) is 19.1 Å². The van der Waals surface area contributed by atoms with Gasteiger partial charge >= 0.3 is 0 Å². The maximum Gasteiger partial charge on any atom is 0.238 e. The van der Waals surface area contributed by atoms with Crippen LogP contribution < -0.4 is 10.6 Å². The van der Waals surface area contributed by atoms with Crippen molar-refractivity contribution in [3.63, 3.8) is 0 Å². The molecule has 0 aliphatic rings. The van der Waals surface area contributed by atoms with Crippen LogP contribution in [0.1, 0.15) is 13.3 Å². The minimum atomic E-state index is -0.422. The minimum absolute atomic E-state index is 0.186. The highest BCUT2D eigenvalue weighted by atomic mass is 19.1. The highest BCUT2D eigenvalue weighted by Gasteiger charge is 2.04. The molecule has 0 aliphatic heterocycles. The van der Waals surface area contributed by atoms with Crippen molar-refractivity contribution in [2.45, 2.75) is 13.3 Å². The van der Waals surface area contributed by atoms with Crippen LogP contribution in [0.2, 0.25) is 0 Å². The number of hydrogen-bond acceptors (Lipinski definition) is 2. The highest BCUT2D eigenvalue weighted by molar-refractivity contribution is 5.92. The number of nitrogens with one attached hydrogen (secondary N) is 2. The molecule has 17 heavy (non-hydrogen) atoms. The standard InChI is InChI=1S/C13H17FN2O/c1-2-3-6-9-15-10-13(17)16-12-8-5-4-7-11(12)14/h2-5,7-8,15H,6,9-10H2,1H3,(H,16,17)/b3-2+. The lowest BCUT2D eigenvalue weighted by Gasteiger charge is -2.06. The summed E-state index contributed by atoms with van der Waals surface area (Å²) in [4.78, 5) is 11.4. The third-order valence-electron chi connectivity index (χ3n) is 2.16. The topological polar surface area (TPSA) is 41.1 Å². The maximum atomic E-state index is 13.2. The molecule has 0 atom stereocenters. The summed E-state index contributed by atoms with van der Waals surface area (Å²) in [5, 5.41) is 5.48. The average molecular weight is 236 g/mol. The van der Waals surface area contributed by atoms with Gasteiger partial charge in [-0.1, -0.05) is 24.3 Å². The third kappa shape index (κ3) is 5.26. The second kappa shape index (κ2) is 7.57. The minimum Gasteiger partial charge on any atom is -0.322 e. The molecule has 0 saturated heterocycles. The molecular formula is C13H17FN2O. The number of hydrogen-bond donors (Lipinski definition) is 2. The Labute approximate surface area is 101 Å². The number of allylic oxidation sites excluding steroid dienone is 1. The van der Waals surface area contributed by atoms with Crippen LogP contribution in [0.4, 0.5) is 10.1 Å². The summed E-state index contributed by atoms with van der Waals surface area (Å²) in [5.41, 5.74) is 0.216. The molecule has 0 unspecified atom stereocenters. The van der Waals surface area contributed by atoms with Gasteiger partial charge in [0.05, 0.1) is 12.2 Å². The Hall–Kier alpha value is -1.68. The molecule has 92 valence electrons. The Balaban J connectivity index is 2.28. The van der Waals surface area contributed by atoms with Gasteiger partial charge in [-0.15, -0.1) is 0 Å². The first-order valence-corrected chi connectivity index (χ1v) is 5.60. The zero-order valence-corrected chi connectivity index (χ0v) is 9.87. The van der Waals surface area contributed by atoms with Gasteiger partial charge in [0.15, 0.2) is 0 Å². The Morgan fingerprint density at radius 2 is 2.18 bits per heavy atom. The summed E-state index contributed by atoms with van der Waals surface area (Å²) >= 11 is 0. The number of carbonyl (C=O) groups is 1. The van der Waals surface area contributed by atoms with E-state index in [0.717, 1.165) is 13.0 Å². The molecule has 2 N–H and O–H groups in total. The zero-order valence-electron chi connectivity index (χ0n) is 9.87. The van der Waals surface area contributed by atoms with Crippen molar-refractivity contribution in [3.05, 3.63) is 42.2 Å². The second-order valence-corrected chi connectivity index (χ2v) is 3.56. The second-order valence-electron chi connectivity index (χ2n) is 3.56. The number of para-hydroxylation sites is 1. The predicted octanol–water partition coefficient (Wildman–Crippen LogP) is 2.32. The van der Waals surface area contributed by atoms with E-state index >= 15 is 0 Å². The Morgan fingerprint density at radius 1 is 1.41 bits per heavy atom. The van der Waals surface area contributed by atoms with E-state index in [1.54, 1.807) is 12.1 Å². The quantitative estimate of drug-likeness (QED) is 0.588. The Kier molecular flexibility index (Phi) is 5.96. The van der Waals surface area contributed by atoms with E-state index in [9.17, 15) is 9.18 Å². The Morgan fingerprint density at radius 3 is 2.88 bits per heavy atom. The molecule has 1 aromatic rings. The van der Waals surface area contributed by atoms with Gasteiger partial charge in [0, 0.05) is 0 Å². The molecule has 0 aliphatic carbocycles. The first-order chi connectivity index (χ1) is 8.24. The fourth-order valence-corrected chi connectivity index (χ4v) is 1.31. The van der Waals surface area contributed by atoms with Gasteiger partial charge < -0.3 is 10.6 Å². The third-order valence-corrected chi connectivity index (χ3v) is 2.16. The number of benzene rings is 1. The smallest absolute Gasteiger partial charge is 0.238 e. The van der Waals surface area contributed by atoms with E-state index in [1.165, 1.54) is 12.1 Å². The normalized spacial score (nSPS) is 10.7. The number of amides is 1. The van der Waals surface area contributed by atoms with Crippen molar-refractivity contribution in [1.82, 2.24) is 5.32 Å². The lowest BCUT2D eigenvalue weighted by molar-refractivity contribution is -0.115. The number of carbonyl (C=O) groups excluding carboxylic acids is 1. The molecular weight excluding hydrogens is 219 g/mol. The molecule has 4 heteroatoms. The predicted molar refractivity (Wildman–Crippen MR) is 67.3 cm³/mol. The van der Waals surface area contributed by atoms with Crippen LogP contribution in [0, 0.1) is 5.82 Å². The van der Waals surface area contributed by atoms with Crippen molar-refractivity contribution in [2.24, 2.45) is 0 Å². The van der Waals surface area contributed by atoms with Crippen molar-refractivity contribution in [2.75, 3.05) is 18.4 Å². The molecule has 0 heterocycles. The van der Waals surface area contributed by atoms with Crippen LogP contribution in [0.25, 0.3) is 0 Å². The summed E-state index contributed by atoms with van der Waals surface area (Å²) in [6.45, 7) is 2.87. The summed E-state index contributed by atoms with van der Waals surface area (Å²) in [6.07, 6.45) is 4.85. The maximum absolute atomic E-state index is 13.2. The summed E-state index contributed by atoms with van der Waals surface area (Å²) in [7, 11) is 0. The number of anilines is 1. The first-order valence-electron chi connectivity index (χ1n) is 5.60. The van der Waals surface area contributed by atoms with Crippen LogP contribution in [-0.4, -0.2) is 19.0 Å². The number of rotatable bonds is 6. The molecule has 1 rings (SSSR count). The molecule has 0 saturated carbocycles. The van der Waals surface area contributed by atoms with Gasteiger partial charge in [-0.2, -0.15) is 0 Å². The Bertz CT molecular complexity index is 391. The van der Waals surface area contributed by atoms with Gasteiger partial charge in [0.1, 0.15) is 5.82 Å². The average Bonchev–Trinajstić information content (AvgIpc) is 2.32. The molecule has 0 fully saturated rings. The molecule has 3 nitrogen and oxygen atoms in total. The summed E-state index contributed by atoms with van der Waals surface area (Å²) < 4.78 is 13.2. The summed E-state index contributed by atoms with van der Waals surface area (Å²) in [6, 6.07) is 6.11. The van der Waals surface area contributed by atoms with E-state index in [4.69, 9.17) is 0 Å². The fourth-order valence-electron chi connectivity index (χ4n) is 1.31. The van der Waals surface area contributed by atoms with Crippen LogP contribution in [0.5, 0.6) is 0 Å². The van der Waals surface area contributed by atoms with Gasteiger partial charge in [-0.3, -0.25) is 4.79 Å². The van der Waals surface area contributed by atoms with Crippen LogP contribution >= 0.6 is 0 Å². The van der Waals surface area contributed by atoms with E-state index in [0.29, 0.717) is 0 Å². The van der Waals surface area contributed by atoms with Crippen LogP contribution in [0.3, 0.4) is 0 Å². The van der Waals surface area contributed by atoms with Crippen molar-refractivity contribution in [3.8, 4) is 0 Å². The van der Waals surface area contributed by atoms with Gasteiger partial charge in [-0.25, -0.2) is 4.39 Å². The van der Waals surface area contributed by atoms with Crippen LogP contribution in [-0.2, 0) is 4.79 Å². The van der Waals surface area contributed by atoms with Crippen molar-refractivity contribution in [1.29, 1.82) is 0 Å². The number of halogens is 1. The van der Waals surface area contributed by atoms with E-state index in [2.05, 4.69) is 10.6 Å². The van der Waals surface area contributed by atoms with Crippen molar-refractivity contribution >= 4 is 11.6 Å². The molecule has 1 amide bonds. The largest absolute Gasteiger partial charge is 0.322 e. The van der Waals surface area contributed by atoms with Gasteiger partial charge in [-0.05, 0) is 32.0 Å². The SMILES string of the molecule is C/C=C/CCNCC(=O)Nc1ccccc1F. The molecule has 1 aromatic carbocycles. The van der Waals surface area contributed by atoms with E-state index < -0.39 is 5.82 Å². The summed E-state index contributed by atoms with van der Waals surface area (Å²) in [5.74, 6) is -0.662. The molecule has 0 bridgehead atoms. The molecule has 0 spiro atoms. The highest BCUT2D eigenvalue weighted by Crippen LogP contribution is 2.11. The zero-order chi connectivity index (χ0) is 12.5. The van der Waals surface area contributed by atoms with Crippen LogP contribution in [0.15, 0.2) is 36.4 Å². The lowest BCUT2D eigenvalue weighted by atomic mass is 10.3. The monoisotopic (exact) mass is 236 g/mol. The fraction of sp³-hybridized carbons (Fsp3) is 0.308.